The van der Waals surface area contributed by atoms with Gasteiger partial charge in [-0.1, -0.05) is 0 Å². The van der Waals surface area contributed by atoms with Crippen LogP contribution in [-0.4, -0.2) is 26.3 Å². The second-order valence-corrected chi connectivity index (χ2v) is 3.61. The molecule has 1 aliphatic rings. The van der Waals surface area contributed by atoms with Crippen molar-refractivity contribution in [1.29, 1.82) is 0 Å². The van der Waals surface area contributed by atoms with Crippen LogP contribution in [0, 0.1) is 0 Å². The molecule has 0 fully saturated rings. The van der Waals surface area contributed by atoms with Gasteiger partial charge in [-0.15, -0.1) is 0 Å². The standard InChI is InChI=1S/C4H4N.Sn.2H/c1-2-4-5-3-1;;;/h1,3H,2H2;;;. The summed E-state index contributed by atoms with van der Waals surface area (Å²) in [5, 5.41) is 0. The summed E-state index contributed by atoms with van der Waals surface area (Å²) >= 11 is 0.942. The fraction of sp³-hybridized carbons (Fsp3) is 0.250. The van der Waals surface area contributed by atoms with Crippen LogP contribution in [0.15, 0.2) is 17.3 Å². The molecule has 1 radical (unpaired) electrons. The summed E-state index contributed by atoms with van der Waals surface area (Å²) in [5.41, 5.74) is 0. The summed E-state index contributed by atoms with van der Waals surface area (Å²) in [6.45, 7) is 0. The van der Waals surface area contributed by atoms with Crippen LogP contribution in [-0.2, 0) is 0 Å². The van der Waals surface area contributed by atoms with Gasteiger partial charge >= 0.3 is 49.9 Å². The first-order valence-corrected chi connectivity index (χ1v) is 3.95. The average Bonchev–Trinajstić information content (AvgIpc) is 1.86. The zero-order chi connectivity index (χ0) is 4.41. The first-order chi connectivity index (χ1) is 2.89. The molecule has 1 aliphatic heterocycles. The fourth-order valence-corrected chi connectivity index (χ4v) is 1.18. The maximum atomic E-state index is 4.05. The van der Waals surface area contributed by atoms with Crippen molar-refractivity contribution in [3.63, 3.8) is 0 Å². The molecule has 0 aliphatic carbocycles. The molecule has 0 aromatic carbocycles. The summed E-state index contributed by atoms with van der Waals surface area (Å²) in [6, 6.07) is 0. The molecule has 0 saturated heterocycles. The fourth-order valence-electron chi connectivity index (χ4n) is 0.400. The Hall–Kier alpha value is 0.209. The van der Waals surface area contributed by atoms with Crippen LogP contribution in [0.25, 0.3) is 0 Å². The van der Waals surface area contributed by atoms with Gasteiger partial charge in [-0.05, 0) is 0 Å². The van der Waals surface area contributed by atoms with Crippen molar-refractivity contribution in [2.24, 2.45) is 4.99 Å². The van der Waals surface area contributed by atoms with Gasteiger partial charge in [0.15, 0.2) is 0 Å². The van der Waals surface area contributed by atoms with E-state index in [1.807, 2.05) is 6.20 Å². The quantitative estimate of drug-likeness (QED) is 0.470. The van der Waals surface area contributed by atoms with E-state index < -0.39 is 0 Å². The first kappa shape index (κ1) is 4.37. The number of hydrogen-bond donors (Lipinski definition) is 0. The van der Waals surface area contributed by atoms with Crippen LogP contribution in [0.3, 0.4) is 0 Å². The minimum atomic E-state index is 0.942. The molecule has 2 heteroatoms. The van der Waals surface area contributed by atoms with Gasteiger partial charge < -0.3 is 0 Å². The molecular weight excluding hydrogens is 181 g/mol. The van der Waals surface area contributed by atoms with Crippen molar-refractivity contribution >= 4 is 26.3 Å². The average molecular weight is 187 g/mol. The zero-order valence-corrected chi connectivity index (χ0v) is 7.55. The Morgan fingerprint density at radius 1 is 1.83 bits per heavy atom. The molecular formula is C4H6NSn. The number of aliphatic imine (C=N–C) groups is 1. The van der Waals surface area contributed by atoms with E-state index in [1.54, 1.807) is 0 Å². The van der Waals surface area contributed by atoms with Crippen molar-refractivity contribution < 1.29 is 0 Å². The molecule has 0 aromatic rings. The molecule has 6 heavy (non-hydrogen) atoms. The summed E-state index contributed by atoms with van der Waals surface area (Å²) in [7, 11) is 0. The second-order valence-electron chi connectivity index (χ2n) is 1.28. The summed E-state index contributed by atoms with van der Waals surface area (Å²) in [6.07, 6.45) is 5.11. The van der Waals surface area contributed by atoms with E-state index in [0.29, 0.717) is 0 Å². The van der Waals surface area contributed by atoms with Crippen molar-refractivity contribution in [3.05, 3.63) is 12.3 Å². The molecule has 0 unspecified atom stereocenters. The number of rotatable bonds is 0. The Morgan fingerprint density at radius 2 is 2.67 bits per heavy atom. The number of nitrogens with zero attached hydrogens (tertiary/aromatic N) is 1. The third kappa shape index (κ3) is 0.834. The Balaban J connectivity index is 2.61. The Morgan fingerprint density at radius 3 is 2.83 bits per heavy atom. The summed E-state index contributed by atoms with van der Waals surface area (Å²) in [4.78, 5) is 4.05. The van der Waals surface area contributed by atoms with E-state index >= 15 is 0 Å². The van der Waals surface area contributed by atoms with Crippen LogP contribution >= 0.6 is 0 Å². The van der Waals surface area contributed by atoms with Gasteiger partial charge in [-0.3, -0.25) is 0 Å². The Bertz CT molecular complexity index is 104. The molecule has 31 valence electrons. The molecule has 0 spiro atoms. The van der Waals surface area contributed by atoms with E-state index in [-0.39, 0.29) is 0 Å². The minimum absolute atomic E-state index is 0.942. The van der Waals surface area contributed by atoms with E-state index in [9.17, 15) is 0 Å². The second kappa shape index (κ2) is 1.78. The van der Waals surface area contributed by atoms with Crippen LogP contribution in [0.2, 0.25) is 0 Å². The number of hydrogen-bond acceptors (Lipinski definition) is 1. The molecule has 1 heterocycles. The van der Waals surface area contributed by atoms with Gasteiger partial charge in [0, 0.05) is 0 Å². The van der Waals surface area contributed by atoms with Crippen molar-refractivity contribution in [1.82, 2.24) is 0 Å². The maximum absolute atomic E-state index is 4.05. The van der Waals surface area contributed by atoms with Crippen LogP contribution in [0.4, 0.5) is 0 Å². The van der Waals surface area contributed by atoms with Crippen molar-refractivity contribution in [2.75, 3.05) is 0 Å². The Kier molecular flexibility index (Phi) is 1.29. The van der Waals surface area contributed by atoms with E-state index in [2.05, 4.69) is 11.1 Å². The monoisotopic (exact) mass is 188 g/mol. The first-order valence-electron chi connectivity index (χ1n) is 1.93. The van der Waals surface area contributed by atoms with Gasteiger partial charge in [0.1, 0.15) is 0 Å². The molecule has 0 bridgehead atoms. The molecule has 0 atom stereocenters. The van der Waals surface area contributed by atoms with E-state index in [4.69, 9.17) is 0 Å². The number of allylic oxidation sites excluding steroid dienone is 1. The van der Waals surface area contributed by atoms with Crippen LogP contribution in [0.1, 0.15) is 6.42 Å². The predicted molar refractivity (Wildman–Crippen MR) is 29.7 cm³/mol. The van der Waals surface area contributed by atoms with Gasteiger partial charge in [-0.2, -0.15) is 0 Å². The zero-order valence-electron chi connectivity index (χ0n) is 3.52. The summed E-state index contributed by atoms with van der Waals surface area (Å²) in [5.74, 6) is 0. The van der Waals surface area contributed by atoms with Gasteiger partial charge in [-0.25, -0.2) is 0 Å². The third-order valence-electron chi connectivity index (χ3n) is 0.716. The van der Waals surface area contributed by atoms with Crippen LogP contribution in [0.5, 0.6) is 0 Å². The Labute approximate surface area is 50.2 Å². The van der Waals surface area contributed by atoms with Crippen LogP contribution < -0.4 is 0 Å². The topological polar surface area (TPSA) is 12.4 Å². The SMILES string of the molecule is [SnH2][C]1=NC=CC1. The van der Waals surface area contributed by atoms with Crippen molar-refractivity contribution in [3.8, 4) is 0 Å². The van der Waals surface area contributed by atoms with E-state index in [1.165, 1.54) is 3.73 Å². The molecule has 1 nitrogen and oxygen atoms in total. The van der Waals surface area contributed by atoms with Gasteiger partial charge in [0.25, 0.3) is 0 Å². The predicted octanol–water partition coefficient (Wildman–Crippen LogP) is -0.0646. The molecule has 0 saturated carbocycles. The molecule has 0 aromatic heterocycles. The molecule has 0 amide bonds. The van der Waals surface area contributed by atoms with E-state index in [0.717, 1.165) is 28.9 Å². The van der Waals surface area contributed by atoms with Gasteiger partial charge in [0.05, 0.1) is 0 Å². The molecule has 0 N–H and O–H groups in total. The van der Waals surface area contributed by atoms with Gasteiger partial charge in [0.2, 0.25) is 0 Å². The normalized spacial score (nSPS) is 18.5. The molecule has 1 rings (SSSR count). The van der Waals surface area contributed by atoms with Crippen molar-refractivity contribution in [2.45, 2.75) is 6.42 Å². The third-order valence-corrected chi connectivity index (χ3v) is 2.06. The summed E-state index contributed by atoms with van der Waals surface area (Å²) < 4.78 is 1.39.